The summed E-state index contributed by atoms with van der Waals surface area (Å²) >= 11 is 6.43. The Morgan fingerprint density at radius 3 is 2.81 bits per heavy atom. The van der Waals surface area contributed by atoms with Crippen LogP contribution in [0.25, 0.3) is 0 Å². The van der Waals surface area contributed by atoms with E-state index in [2.05, 4.69) is 47.1 Å². The zero-order valence-corrected chi connectivity index (χ0v) is 14.2. The lowest BCUT2D eigenvalue weighted by atomic mass is 10.1. The Hall–Kier alpha value is -1.67. The van der Waals surface area contributed by atoms with Crippen LogP contribution in [0.1, 0.15) is 17.3 Å². The SMILES string of the molecule is CCOc1cc(N)cc(C(=O)Nc2ncc(Br)nc2Br)c1. The lowest BCUT2D eigenvalue weighted by Crippen LogP contribution is -2.14. The van der Waals surface area contributed by atoms with Gasteiger partial charge in [0.25, 0.3) is 5.91 Å². The maximum absolute atomic E-state index is 12.2. The molecule has 110 valence electrons. The largest absolute Gasteiger partial charge is 0.494 e. The molecular weight excluding hydrogens is 404 g/mol. The van der Waals surface area contributed by atoms with E-state index >= 15 is 0 Å². The van der Waals surface area contributed by atoms with E-state index in [9.17, 15) is 4.79 Å². The standard InChI is InChI=1S/C13H12Br2N4O2/c1-2-21-9-4-7(3-8(16)5-9)13(20)19-12-11(15)18-10(14)6-17-12/h3-6H,2,16H2,1H3,(H,17,19,20). The highest BCUT2D eigenvalue weighted by atomic mass is 79.9. The molecule has 6 nitrogen and oxygen atoms in total. The van der Waals surface area contributed by atoms with Crippen molar-refractivity contribution in [1.82, 2.24) is 9.97 Å². The van der Waals surface area contributed by atoms with Gasteiger partial charge >= 0.3 is 0 Å². The molecule has 0 aliphatic rings. The van der Waals surface area contributed by atoms with Crippen molar-refractivity contribution in [2.24, 2.45) is 0 Å². The summed E-state index contributed by atoms with van der Waals surface area (Å²) in [4.78, 5) is 20.4. The highest BCUT2D eigenvalue weighted by Gasteiger charge is 2.12. The minimum Gasteiger partial charge on any atom is -0.494 e. The molecule has 2 aromatic rings. The topological polar surface area (TPSA) is 90.1 Å². The fraction of sp³-hybridized carbons (Fsp3) is 0.154. The lowest BCUT2D eigenvalue weighted by Gasteiger charge is -2.09. The molecule has 0 radical (unpaired) electrons. The molecule has 2 rings (SSSR count). The number of anilines is 2. The van der Waals surface area contributed by atoms with Gasteiger partial charge in [-0.05, 0) is 50.9 Å². The fourth-order valence-electron chi connectivity index (χ4n) is 1.61. The van der Waals surface area contributed by atoms with Gasteiger partial charge in [0.2, 0.25) is 0 Å². The Bertz CT molecular complexity index is 679. The summed E-state index contributed by atoms with van der Waals surface area (Å²) in [5.41, 5.74) is 6.60. The molecule has 1 aromatic carbocycles. The number of nitrogens with one attached hydrogen (secondary N) is 1. The number of ether oxygens (including phenoxy) is 1. The lowest BCUT2D eigenvalue weighted by molar-refractivity contribution is 0.102. The van der Waals surface area contributed by atoms with Gasteiger partial charge in [0, 0.05) is 17.3 Å². The summed E-state index contributed by atoms with van der Waals surface area (Å²) in [6.45, 7) is 2.35. The van der Waals surface area contributed by atoms with Crippen LogP contribution in [0.15, 0.2) is 33.6 Å². The van der Waals surface area contributed by atoms with Gasteiger partial charge in [-0.2, -0.15) is 0 Å². The van der Waals surface area contributed by atoms with E-state index in [1.165, 1.54) is 6.20 Å². The van der Waals surface area contributed by atoms with Crippen molar-refractivity contribution in [1.29, 1.82) is 0 Å². The van der Waals surface area contributed by atoms with Gasteiger partial charge in [0.15, 0.2) is 5.82 Å². The normalized spacial score (nSPS) is 10.2. The number of halogens is 2. The van der Waals surface area contributed by atoms with Crippen LogP contribution >= 0.6 is 31.9 Å². The molecule has 0 unspecified atom stereocenters. The molecule has 8 heteroatoms. The van der Waals surface area contributed by atoms with Gasteiger partial charge < -0.3 is 15.8 Å². The number of carbonyl (C=O) groups is 1. The van der Waals surface area contributed by atoms with Crippen LogP contribution in [-0.2, 0) is 0 Å². The molecule has 0 fully saturated rings. The van der Waals surface area contributed by atoms with Crippen LogP contribution in [0.5, 0.6) is 5.75 Å². The number of hydrogen-bond acceptors (Lipinski definition) is 5. The summed E-state index contributed by atoms with van der Waals surface area (Å²) < 4.78 is 6.36. The van der Waals surface area contributed by atoms with Crippen molar-refractivity contribution in [2.45, 2.75) is 6.92 Å². The van der Waals surface area contributed by atoms with E-state index in [4.69, 9.17) is 10.5 Å². The zero-order chi connectivity index (χ0) is 15.4. The molecule has 3 N–H and O–H groups in total. The molecule has 0 bridgehead atoms. The number of amides is 1. The van der Waals surface area contributed by atoms with Gasteiger partial charge in [-0.15, -0.1) is 0 Å². The first kappa shape index (κ1) is 15.7. The first-order chi connectivity index (χ1) is 9.99. The Kier molecular flexibility index (Phi) is 5.13. The highest BCUT2D eigenvalue weighted by Crippen LogP contribution is 2.22. The third kappa shape index (κ3) is 4.15. The highest BCUT2D eigenvalue weighted by molar-refractivity contribution is 9.11. The van der Waals surface area contributed by atoms with Crippen molar-refractivity contribution in [2.75, 3.05) is 17.7 Å². The van der Waals surface area contributed by atoms with Crippen LogP contribution < -0.4 is 15.8 Å². The predicted molar refractivity (Wildman–Crippen MR) is 87.4 cm³/mol. The average molecular weight is 416 g/mol. The maximum Gasteiger partial charge on any atom is 0.257 e. The Balaban J connectivity index is 2.23. The number of nitrogens with zero attached hydrogens (tertiary/aromatic N) is 2. The van der Waals surface area contributed by atoms with Gasteiger partial charge in [-0.3, -0.25) is 4.79 Å². The van der Waals surface area contributed by atoms with Crippen LogP contribution in [0, 0.1) is 0 Å². The second-order valence-corrected chi connectivity index (χ2v) is 5.57. The number of benzene rings is 1. The number of hydrogen-bond donors (Lipinski definition) is 2. The van der Waals surface area contributed by atoms with Gasteiger partial charge in [0.05, 0.1) is 12.8 Å². The number of nitrogens with two attached hydrogens (primary N) is 1. The van der Waals surface area contributed by atoms with E-state index in [0.717, 1.165) is 0 Å². The first-order valence-corrected chi connectivity index (χ1v) is 7.61. The smallest absolute Gasteiger partial charge is 0.257 e. The van der Waals surface area contributed by atoms with Crippen molar-refractivity contribution in [3.05, 3.63) is 39.2 Å². The number of nitrogen functional groups attached to an aromatic ring is 1. The monoisotopic (exact) mass is 414 g/mol. The second kappa shape index (κ2) is 6.86. The van der Waals surface area contributed by atoms with Crippen LogP contribution in [-0.4, -0.2) is 22.5 Å². The third-order valence-electron chi connectivity index (χ3n) is 2.43. The molecule has 0 saturated heterocycles. The van der Waals surface area contributed by atoms with E-state index < -0.39 is 0 Å². The number of rotatable bonds is 4. The Morgan fingerprint density at radius 1 is 1.38 bits per heavy atom. The van der Waals surface area contributed by atoms with E-state index in [0.29, 0.717) is 38.6 Å². The predicted octanol–water partition coefficient (Wildman–Crippen LogP) is 3.23. The minimum absolute atomic E-state index is 0.323. The van der Waals surface area contributed by atoms with Crippen LogP contribution in [0.2, 0.25) is 0 Å². The third-order valence-corrected chi connectivity index (χ3v) is 3.37. The van der Waals surface area contributed by atoms with Crippen molar-refractivity contribution in [3.8, 4) is 5.75 Å². The summed E-state index contributed by atoms with van der Waals surface area (Å²) in [6, 6.07) is 4.85. The van der Waals surface area contributed by atoms with Gasteiger partial charge in [-0.25, -0.2) is 9.97 Å². The van der Waals surface area contributed by atoms with E-state index in [-0.39, 0.29) is 5.91 Å². The molecule has 0 spiro atoms. The number of aromatic nitrogens is 2. The summed E-state index contributed by atoms with van der Waals surface area (Å²) in [5.74, 6) is 0.521. The first-order valence-electron chi connectivity index (χ1n) is 6.02. The molecule has 0 atom stereocenters. The molecule has 21 heavy (non-hydrogen) atoms. The number of carbonyl (C=O) groups excluding carboxylic acids is 1. The van der Waals surface area contributed by atoms with Crippen LogP contribution in [0.3, 0.4) is 0 Å². The van der Waals surface area contributed by atoms with Gasteiger partial charge in [0.1, 0.15) is 15.0 Å². The van der Waals surface area contributed by atoms with Gasteiger partial charge in [-0.1, -0.05) is 0 Å². The molecular formula is C13H12Br2N4O2. The van der Waals surface area contributed by atoms with E-state index in [1.807, 2.05) is 6.92 Å². The molecule has 0 aliphatic heterocycles. The molecule has 1 amide bonds. The summed E-state index contributed by atoms with van der Waals surface area (Å²) in [6.07, 6.45) is 1.49. The Labute approximate surface area is 138 Å². The quantitative estimate of drug-likeness (QED) is 0.748. The Morgan fingerprint density at radius 2 is 2.14 bits per heavy atom. The maximum atomic E-state index is 12.2. The van der Waals surface area contributed by atoms with Crippen LogP contribution in [0.4, 0.5) is 11.5 Å². The molecule has 0 saturated carbocycles. The second-order valence-electron chi connectivity index (χ2n) is 4.01. The molecule has 0 aliphatic carbocycles. The van der Waals surface area contributed by atoms with Crippen molar-refractivity contribution in [3.63, 3.8) is 0 Å². The minimum atomic E-state index is -0.347. The summed E-state index contributed by atoms with van der Waals surface area (Å²) in [7, 11) is 0. The van der Waals surface area contributed by atoms with E-state index in [1.54, 1.807) is 18.2 Å². The molecule has 1 aromatic heterocycles. The average Bonchev–Trinajstić information content (AvgIpc) is 2.41. The van der Waals surface area contributed by atoms with Crippen molar-refractivity contribution < 1.29 is 9.53 Å². The fourth-order valence-corrected chi connectivity index (χ4v) is 2.52. The van der Waals surface area contributed by atoms with Crippen molar-refractivity contribution >= 4 is 49.3 Å². The summed E-state index contributed by atoms with van der Waals surface area (Å²) in [5, 5.41) is 2.66. The molecule has 1 heterocycles. The zero-order valence-electron chi connectivity index (χ0n) is 11.1.